The molecule has 2 aliphatic heterocycles. The van der Waals surface area contributed by atoms with Gasteiger partial charge in [-0.05, 0) is 37.9 Å². The molecule has 1 atom stereocenters. The van der Waals surface area contributed by atoms with E-state index in [2.05, 4.69) is 10.0 Å². The number of benzene rings is 1. The summed E-state index contributed by atoms with van der Waals surface area (Å²) in [5.74, 6) is 1.08. The number of ether oxygens (including phenoxy) is 2. The third-order valence-corrected chi connectivity index (χ3v) is 5.23. The molecule has 0 unspecified atom stereocenters. The number of hydrogen-bond acceptors (Lipinski definition) is 5. The standard InChI is InChI=1S/C14H20N2O4S/c17-21(18,16-7-5-11-2-1-6-15-11)12-3-4-13-14(10-12)20-9-8-19-13/h3-4,10-11,15-16H,1-2,5-9H2/t11-/m0/s1. The predicted molar refractivity (Wildman–Crippen MR) is 78.3 cm³/mol. The van der Waals surface area contributed by atoms with Crippen LogP contribution in [0.2, 0.25) is 0 Å². The maximum Gasteiger partial charge on any atom is 0.240 e. The van der Waals surface area contributed by atoms with Crippen LogP contribution in [-0.2, 0) is 10.0 Å². The molecule has 6 nitrogen and oxygen atoms in total. The molecule has 1 saturated heterocycles. The zero-order valence-corrected chi connectivity index (χ0v) is 12.6. The summed E-state index contributed by atoms with van der Waals surface area (Å²) in [6.45, 7) is 2.40. The average molecular weight is 312 g/mol. The van der Waals surface area contributed by atoms with Gasteiger partial charge in [0.15, 0.2) is 11.5 Å². The van der Waals surface area contributed by atoms with Crippen LogP contribution in [0.25, 0.3) is 0 Å². The molecule has 0 aromatic heterocycles. The van der Waals surface area contributed by atoms with Gasteiger partial charge in [-0.3, -0.25) is 0 Å². The van der Waals surface area contributed by atoms with Gasteiger partial charge in [-0.2, -0.15) is 0 Å². The van der Waals surface area contributed by atoms with Crippen LogP contribution in [0.15, 0.2) is 23.1 Å². The molecule has 2 N–H and O–H groups in total. The maximum atomic E-state index is 12.3. The predicted octanol–water partition coefficient (Wildman–Crippen LogP) is 0.878. The van der Waals surface area contributed by atoms with Crippen LogP contribution < -0.4 is 19.5 Å². The van der Waals surface area contributed by atoms with Gasteiger partial charge in [-0.1, -0.05) is 0 Å². The molecule has 116 valence electrons. The van der Waals surface area contributed by atoms with Crippen LogP contribution in [0.4, 0.5) is 0 Å². The summed E-state index contributed by atoms with van der Waals surface area (Å²) in [7, 11) is -3.50. The van der Waals surface area contributed by atoms with E-state index < -0.39 is 10.0 Å². The van der Waals surface area contributed by atoms with Crippen LogP contribution >= 0.6 is 0 Å². The average Bonchev–Trinajstić information content (AvgIpc) is 3.00. The van der Waals surface area contributed by atoms with E-state index in [9.17, 15) is 8.42 Å². The number of sulfonamides is 1. The molecule has 3 rings (SSSR count). The van der Waals surface area contributed by atoms with Gasteiger partial charge in [0.2, 0.25) is 10.0 Å². The number of rotatable bonds is 5. The zero-order chi connectivity index (χ0) is 14.7. The Balaban J connectivity index is 1.63. The molecule has 1 aromatic carbocycles. The molecule has 1 aromatic rings. The van der Waals surface area contributed by atoms with Gasteiger partial charge in [0.25, 0.3) is 0 Å². The fourth-order valence-corrected chi connectivity index (χ4v) is 3.71. The van der Waals surface area contributed by atoms with Gasteiger partial charge in [-0.25, -0.2) is 13.1 Å². The van der Waals surface area contributed by atoms with Crippen LogP contribution in [-0.4, -0.2) is 40.8 Å². The molecule has 0 spiro atoms. The summed E-state index contributed by atoms with van der Waals surface area (Å²) in [5.41, 5.74) is 0. The molecule has 2 heterocycles. The van der Waals surface area contributed by atoms with E-state index in [0.29, 0.717) is 37.3 Å². The number of hydrogen-bond donors (Lipinski definition) is 2. The van der Waals surface area contributed by atoms with Gasteiger partial charge in [0.1, 0.15) is 13.2 Å². The summed E-state index contributed by atoms with van der Waals surface area (Å²) in [5, 5.41) is 3.35. The van der Waals surface area contributed by atoms with Crippen molar-refractivity contribution in [2.75, 3.05) is 26.3 Å². The SMILES string of the molecule is O=S(=O)(NCC[C@@H]1CCCN1)c1ccc2c(c1)OCCO2. The van der Waals surface area contributed by atoms with Crippen molar-refractivity contribution in [3.63, 3.8) is 0 Å². The summed E-state index contributed by atoms with van der Waals surface area (Å²) in [6, 6.07) is 5.13. The molecule has 0 saturated carbocycles. The Kier molecular flexibility index (Phi) is 4.32. The quantitative estimate of drug-likeness (QED) is 0.844. The van der Waals surface area contributed by atoms with Crippen LogP contribution in [0, 0.1) is 0 Å². The van der Waals surface area contributed by atoms with Gasteiger partial charge in [0, 0.05) is 18.7 Å². The van der Waals surface area contributed by atoms with Crippen molar-refractivity contribution in [1.82, 2.24) is 10.0 Å². The molecule has 0 bridgehead atoms. The maximum absolute atomic E-state index is 12.3. The molecule has 2 aliphatic rings. The Morgan fingerprint density at radius 1 is 1.24 bits per heavy atom. The van der Waals surface area contributed by atoms with Gasteiger partial charge in [-0.15, -0.1) is 0 Å². The van der Waals surface area contributed by atoms with E-state index in [1.54, 1.807) is 12.1 Å². The van der Waals surface area contributed by atoms with Crippen LogP contribution in [0.5, 0.6) is 11.5 Å². The first-order valence-corrected chi connectivity index (χ1v) is 8.76. The normalized spacial score (nSPS) is 21.4. The lowest BCUT2D eigenvalue weighted by molar-refractivity contribution is 0.171. The second-order valence-electron chi connectivity index (χ2n) is 5.29. The smallest absolute Gasteiger partial charge is 0.240 e. The molecule has 0 radical (unpaired) electrons. The van der Waals surface area contributed by atoms with Crippen molar-refractivity contribution < 1.29 is 17.9 Å². The lowest BCUT2D eigenvalue weighted by Crippen LogP contribution is -2.30. The van der Waals surface area contributed by atoms with Crippen LogP contribution in [0.3, 0.4) is 0 Å². The second-order valence-corrected chi connectivity index (χ2v) is 7.05. The van der Waals surface area contributed by atoms with Gasteiger partial charge < -0.3 is 14.8 Å². The minimum Gasteiger partial charge on any atom is -0.486 e. The molecule has 21 heavy (non-hydrogen) atoms. The van der Waals surface area contributed by atoms with Crippen molar-refractivity contribution in [3.05, 3.63) is 18.2 Å². The minimum atomic E-state index is -3.50. The number of fused-ring (bicyclic) bond motifs is 1. The van der Waals surface area contributed by atoms with Crippen molar-refractivity contribution in [1.29, 1.82) is 0 Å². The summed E-state index contributed by atoms with van der Waals surface area (Å²) in [6.07, 6.45) is 3.09. The Morgan fingerprint density at radius 3 is 2.81 bits per heavy atom. The molecular weight excluding hydrogens is 292 g/mol. The summed E-state index contributed by atoms with van der Waals surface area (Å²) in [4.78, 5) is 0.214. The van der Waals surface area contributed by atoms with E-state index >= 15 is 0 Å². The topological polar surface area (TPSA) is 76.7 Å². The third kappa shape index (κ3) is 3.48. The lowest BCUT2D eigenvalue weighted by atomic mass is 10.2. The van der Waals surface area contributed by atoms with Gasteiger partial charge >= 0.3 is 0 Å². The van der Waals surface area contributed by atoms with E-state index in [0.717, 1.165) is 19.4 Å². The Morgan fingerprint density at radius 2 is 2.05 bits per heavy atom. The van der Waals surface area contributed by atoms with Crippen LogP contribution in [0.1, 0.15) is 19.3 Å². The van der Waals surface area contributed by atoms with E-state index in [1.807, 2.05) is 0 Å². The van der Waals surface area contributed by atoms with E-state index in [1.165, 1.54) is 12.5 Å². The second kappa shape index (κ2) is 6.21. The van der Waals surface area contributed by atoms with Crippen molar-refractivity contribution >= 4 is 10.0 Å². The molecule has 0 amide bonds. The highest BCUT2D eigenvalue weighted by Crippen LogP contribution is 2.32. The summed E-state index contributed by atoms with van der Waals surface area (Å²) >= 11 is 0. The molecular formula is C14H20N2O4S. The fraction of sp³-hybridized carbons (Fsp3) is 0.571. The third-order valence-electron chi connectivity index (χ3n) is 3.77. The van der Waals surface area contributed by atoms with E-state index in [4.69, 9.17) is 9.47 Å². The Hall–Kier alpha value is -1.31. The minimum absolute atomic E-state index is 0.214. The first-order chi connectivity index (χ1) is 10.1. The fourth-order valence-electron chi connectivity index (χ4n) is 2.64. The largest absolute Gasteiger partial charge is 0.486 e. The lowest BCUT2D eigenvalue weighted by Gasteiger charge is -2.19. The van der Waals surface area contributed by atoms with Crippen molar-refractivity contribution in [2.45, 2.75) is 30.2 Å². The molecule has 7 heteroatoms. The van der Waals surface area contributed by atoms with E-state index in [-0.39, 0.29) is 4.90 Å². The highest BCUT2D eigenvalue weighted by molar-refractivity contribution is 7.89. The highest BCUT2D eigenvalue weighted by atomic mass is 32.2. The number of nitrogens with one attached hydrogen (secondary N) is 2. The van der Waals surface area contributed by atoms with Crippen molar-refractivity contribution in [2.24, 2.45) is 0 Å². The monoisotopic (exact) mass is 312 g/mol. The Labute approximate surface area is 124 Å². The summed E-state index contributed by atoms with van der Waals surface area (Å²) < 4.78 is 38.0. The highest BCUT2D eigenvalue weighted by Gasteiger charge is 2.20. The Bertz CT molecular complexity index is 597. The first-order valence-electron chi connectivity index (χ1n) is 7.28. The zero-order valence-electron chi connectivity index (χ0n) is 11.8. The van der Waals surface area contributed by atoms with Crippen molar-refractivity contribution in [3.8, 4) is 11.5 Å². The molecule has 1 fully saturated rings. The first kappa shape index (κ1) is 14.6. The molecule has 0 aliphatic carbocycles. The van der Waals surface area contributed by atoms with Gasteiger partial charge in [0.05, 0.1) is 4.90 Å².